The van der Waals surface area contributed by atoms with Gasteiger partial charge in [-0.25, -0.2) is 0 Å². The third-order valence-electron chi connectivity index (χ3n) is 10.1. The van der Waals surface area contributed by atoms with Crippen molar-refractivity contribution < 1.29 is 49.0 Å². The van der Waals surface area contributed by atoms with Gasteiger partial charge < -0.3 is 39.4 Å². The summed E-state index contributed by atoms with van der Waals surface area (Å²) in [6, 6.07) is 0. The highest BCUT2D eigenvalue weighted by atomic mass is 16.7. The Morgan fingerprint density at radius 1 is 0.556 bits per heavy atom. The van der Waals surface area contributed by atoms with Gasteiger partial charge in [-0.15, -0.1) is 0 Å². The predicted molar refractivity (Wildman–Crippen MR) is 215 cm³/mol. The smallest absolute Gasteiger partial charge is 0.306 e. The van der Waals surface area contributed by atoms with Crippen LogP contribution in [0.1, 0.15) is 187 Å². The van der Waals surface area contributed by atoms with Gasteiger partial charge in [-0.1, -0.05) is 134 Å². The summed E-state index contributed by atoms with van der Waals surface area (Å²) in [7, 11) is 0. The molecule has 2 unspecified atom stereocenters. The molecular weight excluding hydrogens is 688 g/mol. The number of unbranched alkanes of at least 4 members (excludes halogenated alkanes) is 21. The highest BCUT2D eigenvalue weighted by Gasteiger charge is 2.44. The second-order valence-corrected chi connectivity index (χ2v) is 15.1. The number of ether oxygens (including phenoxy) is 4. The predicted octanol–water partition coefficient (Wildman–Crippen LogP) is 8.94. The van der Waals surface area contributed by atoms with Crippen molar-refractivity contribution in [3.05, 3.63) is 24.3 Å². The zero-order chi connectivity index (χ0) is 39.5. The Labute approximate surface area is 328 Å². The number of carbonyl (C=O) groups is 2. The zero-order valence-electron chi connectivity index (χ0n) is 34.2. The highest BCUT2D eigenvalue weighted by Crippen LogP contribution is 2.22. The lowest BCUT2D eigenvalue weighted by molar-refractivity contribution is -0.305. The van der Waals surface area contributed by atoms with E-state index in [0.29, 0.717) is 12.8 Å². The molecule has 6 atom stereocenters. The minimum atomic E-state index is -1.60. The summed E-state index contributed by atoms with van der Waals surface area (Å²) in [4.78, 5) is 25.3. The van der Waals surface area contributed by atoms with Crippen LogP contribution in [0, 0.1) is 0 Å². The Balaban J connectivity index is 2.36. The SMILES string of the molecule is CCCCCCC/C=C/CCCCCCCC(=O)O[C@@H](COC(=O)CCCC/C=C/CCCCCCCCCCC)CO[C@H]1O[C@@H](CO)[C@@H](O)C(O)C1O. The van der Waals surface area contributed by atoms with Crippen LogP contribution < -0.4 is 0 Å². The molecule has 316 valence electrons. The Morgan fingerprint density at radius 3 is 1.48 bits per heavy atom. The molecule has 0 aromatic carbocycles. The summed E-state index contributed by atoms with van der Waals surface area (Å²) >= 11 is 0. The van der Waals surface area contributed by atoms with E-state index in [4.69, 9.17) is 18.9 Å². The highest BCUT2D eigenvalue weighted by molar-refractivity contribution is 5.70. The fourth-order valence-corrected chi connectivity index (χ4v) is 6.53. The van der Waals surface area contributed by atoms with Crippen LogP contribution in [0.4, 0.5) is 0 Å². The van der Waals surface area contributed by atoms with Gasteiger partial charge in [0.2, 0.25) is 0 Å². The number of hydrogen-bond acceptors (Lipinski definition) is 10. The summed E-state index contributed by atoms with van der Waals surface area (Å²) in [5.41, 5.74) is 0. The molecule has 1 rings (SSSR count). The molecule has 1 aliphatic heterocycles. The van der Waals surface area contributed by atoms with Crippen LogP contribution in [-0.2, 0) is 28.5 Å². The lowest BCUT2D eigenvalue weighted by Crippen LogP contribution is -2.59. The van der Waals surface area contributed by atoms with Crippen LogP contribution in [0.2, 0.25) is 0 Å². The van der Waals surface area contributed by atoms with Crippen molar-refractivity contribution in [3.8, 4) is 0 Å². The van der Waals surface area contributed by atoms with E-state index in [-0.39, 0.29) is 26.1 Å². The molecule has 0 bridgehead atoms. The van der Waals surface area contributed by atoms with E-state index in [2.05, 4.69) is 38.2 Å². The second-order valence-electron chi connectivity index (χ2n) is 15.1. The molecular formula is C44H80O10. The van der Waals surface area contributed by atoms with Crippen molar-refractivity contribution in [2.45, 2.75) is 224 Å². The van der Waals surface area contributed by atoms with E-state index >= 15 is 0 Å². The molecule has 0 amide bonds. The number of esters is 2. The second kappa shape index (κ2) is 35.6. The first kappa shape index (κ1) is 50.2. The van der Waals surface area contributed by atoms with Crippen LogP contribution >= 0.6 is 0 Å². The monoisotopic (exact) mass is 769 g/mol. The Hall–Kier alpha value is -1.82. The number of rotatable bonds is 36. The van der Waals surface area contributed by atoms with Crippen molar-refractivity contribution in [1.82, 2.24) is 0 Å². The maximum absolute atomic E-state index is 12.7. The molecule has 4 N–H and O–H groups in total. The van der Waals surface area contributed by atoms with Crippen molar-refractivity contribution >= 4 is 11.9 Å². The summed E-state index contributed by atoms with van der Waals surface area (Å²) in [6.07, 6.45) is 30.4. The number of carbonyl (C=O) groups excluding carboxylic acids is 2. The fraction of sp³-hybridized carbons (Fsp3) is 0.864. The van der Waals surface area contributed by atoms with E-state index in [9.17, 15) is 30.0 Å². The number of aliphatic hydroxyl groups is 4. The van der Waals surface area contributed by atoms with Gasteiger partial charge in [-0.2, -0.15) is 0 Å². The van der Waals surface area contributed by atoms with E-state index in [1.165, 1.54) is 89.9 Å². The third kappa shape index (κ3) is 26.9. The fourth-order valence-electron chi connectivity index (χ4n) is 6.53. The van der Waals surface area contributed by atoms with E-state index < -0.39 is 55.4 Å². The van der Waals surface area contributed by atoms with Crippen molar-refractivity contribution in [2.24, 2.45) is 0 Å². The maximum atomic E-state index is 12.7. The molecule has 0 saturated carbocycles. The lowest BCUT2D eigenvalue weighted by Gasteiger charge is -2.39. The van der Waals surface area contributed by atoms with E-state index in [1.807, 2.05) is 0 Å². The Bertz CT molecular complexity index is 938. The molecule has 1 fully saturated rings. The Morgan fingerprint density at radius 2 is 0.981 bits per heavy atom. The molecule has 1 saturated heterocycles. The molecule has 0 aromatic rings. The van der Waals surface area contributed by atoms with Crippen LogP contribution in [0.5, 0.6) is 0 Å². The molecule has 1 aliphatic rings. The van der Waals surface area contributed by atoms with Crippen LogP contribution in [0.25, 0.3) is 0 Å². The summed E-state index contributed by atoms with van der Waals surface area (Å²) < 4.78 is 22.1. The Kier molecular flexibility index (Phi) is 33.1. The maximum Gasteiger partial charge on any atom is 0.306 e. The minimum absolute atomic E-state index is 0.217. The zero-order valence-corrected chi connectivity index (χ0v) is 34.2. The largest absolute Gasteiger partial charge is 0.462 e. The average Bonchev–Trinajstić information content (AvgIpc) is 3.17. The van der Waals surface area contributed by atoms with E-state index in [1.54, 1.807) is 0 Å². The molecule has 10 heteroatoms. The number of hydrogen-bond donors (Lipinski definition) is 4. The molecule has 0 spiro atoms. The molecule has 10 nitrogen and oxygen atoms in total. The van der Waals surface area contributed by atoms with Crippen LogP contribution in [0.3, 0.4) is 0 Å². The van der Waals surface area contributed by atoms with Gasteiger partial charge in [0.1, 0.15) is 31.0 Å². The quantitative estimate of drug-likeness (QED) is 0.0276. The normalized spacial score (nSPS) is 20.9. The summed E-state index contributed by atoms with van der Waals surface area (Å²) in [5, 5.41) is 40.0. The van der Waals surface area contributed by atoms with Gasteiger partial charge >= 0.3 is 11.9 Å². The molecule has 1 heterocycles. The first-order valence-corrected chi connectivity index (χ1v) is 21.9. The van der Waals surface area contributed by atoms with Gasteiger partial charge in [0, 0.05) is 12.8 Å². The van der Waals surface area contributed by atoms with Crippen molar-refractivity contribution in [1.29, 1.82) is 0 Å². The van der Waals surface area contributed by atoms with Gasteiger partial charge in [0.15, 0.2) is 12.4 Å². The lowest BCUT2D eigenvalue weighted by atomic mass is 9.99. The molecule has 54 heavy (non-hydrogen) atoms. The van der Waals surface area contributed by atoms with Gasteiger partial charge in [-0.05, 0) is 64.2 Å². The number of allylic oxidation sites excluding steroid dienone is 4. The topological polar surface area (TPSA) is 152 Å². The van der Waals surface area contributed by atoms with Gasteiger partial charge in [0.05, 0.1) is 13.2 Å². The first-order valence-electron chi connectivity index (χ1n) is 21.9. The standard InChI is InChI=1S/C44H80O10/c1-3-5-7-9-11-13-15-17-19-21-22-24-26-28-30-32-39(46)51-35-37(36-52-44-43(50)42(49)41(48)38(34-45)54-44)53-40(47)33-31-29-27-25-23-20-18-16-14-12-10-8-6-4-2/h16,18,22,24,37-38,41-45,48-50H,3-15,17,19-21,23,25-36H2,1-2H3/b18-16+,24-22+/t37-,38-,41+,42?,43?,44-/m0/s1. The van der Waals surface area contributed by atoms with Crippen LogP contribution in [0.15, 0.2) is 24.3 Å². The number of aliphatic hydroxyl groups excluding tert-OH is 4. The molecule has 0 radical (unpaired) electrons. The summed E-state index contributed by atoms with van der Waals surface area (Å²) in [5.74, 6) is -0.839. The molecule has 0 aromatic heterocycles. The minimum Gasteiger partial charge on any atom is -0.462 e. The first-order chi connectivity index (χ1) is 26.3. The third-order valence-corrected chi connectivity index (χ3v) is 10.1. The molecule has 0 aliphatic carbocycles. The van der Waals surface area contributed by atoms with Crippen LogP contribution in [-0.4, -0.2) is 89.0 Å². The van der Waals surface area contributed by atoms with Crippen molar-refractivity contribution in [2.75, 3.05) is 19.8 Å². The van der Waals surface area contributed by atoms with Gasteiger partial charge in [-0.3, -0.25) is 9.59 Å². The average molecular weight is 769 g/mol. The van der Waals surface area contributed by atoms with E-state index in [0.717, 1.165) is 57.8 Å². The van der Waals surface area contributed by atoms with Gasteiger partial charge in [0.25, 0.3) is 0 Å². The summed E-state index contributed by atoms with van der Waals surface area (Å²) in [6.45, 7) is 3.38. The van der Waals surface area contributed by atoms with Crippen molar-refractivity contribution in [3.63, 3.8) is 0 Å².